The molecule has 1 atom stereocenters. The number of aryl methyl sites for hydroxylation is 1. The van der Waals surface area contributed by atoms with Gasteiger partial charge in [-0.25, -0.2) is 0 Å². The Morgan fingerprint density at radius 3 is 2.56 bits per heavy atom. The fraction of sp³-hybridized carbons (Fsp3) is 0.214. The topological polar surface area (TPSA) is 37.2 Å². The molecule has 18 heavy (non-hydrogen) atoms. The fourth-order valence-corrected chi connectivity index (χ4v) is 1.90. The molecule has 0 bridgehead atoms. The summed E-state index contributed by atoms with van der Waals surface area (Å²) in [6.45, 7) is 4.06. The Labute approximate surface area is 112 Å². The van der Waals surface area contributed by atoms with Crippen LogP contribution in [0, 0.1) is 6.92 Å². The molecule has 0 unspecified atom stereocenters. The van der Waals surface area contributed by atoms with Crippen molar-refractivity contribution in [2.24, 2.45) is 0 Å². The molecule has 1 aromatic carbocycles. The van der Waals surface area contributed by atoms with Crippen LogP contribution in [0.4, 0.5) is 5.69 Å². The van der Waals surface area contributed by atoms with E-state index in [1.54, 1.807) is 6.26 Å². The van der Waals surface area contributed by atoms with Crippen molar-refractivity contribution < 1.29 is 4.42 Å². The maximum Gasteiger partial charge on any atom is 0.171 e. The fourth-order valence-electron chi connectivity index (χ4n) is 1.61. The van der Waals surface area contributed by atoms with Crippen LogP contribution in [0.15, 0.2) is 47.1 Å². The first-order valence-corrected chi connectivity index (χ1v) is 6.23. The monoisotopic (exact) mass is 260 g/mol. The zero-order chi connectivity index (χ0) is 13.0. The number of anilines is 1. The minimum Gasteiger partial charge on any atom is -0.467 e. The Morgan fingerprint density at radius 1 is 1.22 bits per heavy atom. The summed E-state index contributed by atoms with van der Waals surface area (Å²) in [6, 6.07) is 11.9. The number of benzene rings is 1. The molecule has 0 spiro atoms. The number of nitrogens with one attached hydrogen (secondary N) is 2. The van der Waals surface area contributed by atoms with Gasteiger partial charge in [-0.3, -0.25) is 0 Å². The molecule has 2 aromatic rings. The Kier molecular flexibility index (Phi) is 3.99. The molecule has 0 fully saturated rings. The number of thiocarbonyl (C=S) groups is 1. The van der Waals surface area contributed by atoms with Crippen LogP contribution < -0.4 is 10.6 Å². The van der Waals surface area contributed by atoms with E-state index in [9.17, 15) is 0 Å². The average Bonchev–Trinajstić information content (AvgIpc) is 2.85. The first-order valence-electron chi connectivity index (χ1n) is 5.83. The van der Waals surface area contributed by atoms with Crippen LogP contribution in [-0.4, -0.2) is 5.11 Å². The van der Waals surface area contributed by atoms with Crippen LogP contribution in [-0.2, 0) is 0 Å². The molecule has 2 rings (SSSR count). The number of rotatable bonds is 3. The minimum atomic E-state index is 0.0467. The van der Waals surface area contributed by atoms with Gasteiger partial charge in [0.1, 0.15) is 5.76 Å². The quantitative estimate of drug-likeness (QED) is 0.826. The minimum absolute atomic E-state index is 0.0467. The van der Waals surface area contributed by atoms with E-state index in [-0.39, 0.29) is 6.04 Å². The van der Waals surface area contributed by atoms with Gasteiger partial charge in [0.05, 0.1) is 12.3 Å². The van der Waals surface area contributed by atoms with Gasteiger partial charge < -0.3 is 15.1 Å². The van der Waals surface area contributed by atoms with E-state index in [2.05, 4.69) is 17.6 Å². The average molecular weight is 260 g/mol. The van der Waals surface area contributed by atoms with Gasteiger partial charge >= 0.3 is 0 Å². The predicted octanol–water partition coefficient (Wildman–Crippen LogP) is 3.64. The summed E-state index contributed by atoms with van der Waals surface area (Å²) in [5.41, 5.74) is 2.20. The number of furan rings is 1. The summed E-state index contributed by atoms with van der Waals surface area (Å²) < 4.78 is 5.31. The summed E-state index contributed by atoms with van der Waals surface area (Å²) in [6.07, 6.45) is 1.66. The third-order valence-corrected chi connectivity index (χ3v) is 2.85. The van der Waals surface area contributed by atoms with E-state index >= 15 is 0 Å². The molecule has 3 nitrogen and oxygen atoms in total. The first-order chi connectivity index (χ1) is 8.65. The van der Waals surface area contributed by atoms with E-state index in [0.29, 0.717) is 5.11 Å². The highest BCUT2D eigenvalue weighted by Crippen LogP contribution is 2.13. The van der Waals surface area contributed by atoms with Crippen LogP contribution in [0.2, 0.25) is 0 Å². The normalized spacial score (nSPS) is 11.9. The van der Waals surface area contributed by atoms with Crippen LogP contribution in [0.25, 0.3) is 0 Å². The SMILES string of the molecule is Cc1ccc(NC(=S)N[C@@H](C)c2ccco2)cc1. The van der Waals surface area contributed by atoms with Gasteiger partial charge in [-0.2, -0.15) is 0 Å². The van der Waals surface area contributed by atoms with Crippen molar-refractivity contribution in [2.75, 3.05) is 5.32 Å². The lowest BCUT2D eigenvalue weighted by Crippen LogP contribution is -2.30. The van der Waals surface area contributed by atoms with E-state index in [1.165, 1.54) is 5.56 Å². The van der Waals surface area contributed by atoms with Crippen molar-refractivity contribution in [1.82, 2.24) is 5.32 Å². The van der Waals surface area contributed by atoms with Crippen LogP contribution >= 0.6 is 12.2 Å². The van der Waals surface area contributed by atoms with Crippen molar-refractivity contribution >= 4 is 23.0 Å². The molecule has 4 heteroatoms. The van der Waals surface area contributed by atoms with E-state index in [0.717, 1.165) is 11.4 Å². The Morgan fingerprint density at radius 2 is 1.94 bits per heavy atom. The number of hydrogen-bond acceptors (Lipinski definition) is 2. The summed E-state index contributed by atoms with van der Waals surface area (Å²) in [5.74, 6) is 0.864. The van der Waals surface area contributed by atoms with Crippen molar-refractivity contribution in [3.05, 3.63) is 54.0 Å². The zero-order valence-corrected chi connectivity index (χ0v) is 11.3. The highest BCUT2D eigenvalue weighted by molar-refractivity contribution is 7.80. The lowest BCUT2D eigenvalue weighted by Gasteiger charge is -2.15. The Balaban J connectivity index is 1.91. The molecule has 0 aliphatic rings. The molecular weight excluding hydrogens is 244 g/mol. The molecule has 0 saturated heterocycles. The van der Waals surface area contributed by atoms with Gasteiger partial charge in [0.2, 0.25) is 0 Å². The molecule has 1 heterocycles. The van der Waals surface area contributed by atoms with Gasteiger partial charge in [0.25, 0.3) is 0 Å². The summed E-state index contributed by atoms with van der Waals surface area (Å²) in [4.78, 5) is 0. The van der Waals surface area contributed by atoms with Gasteiger partial charge in [-0.1, -0.05) is 17.7 Å². The molecule has 0 aliphatic carbocycles. The molecule has 0 aliphatic heterocycles. The molecule has 0 radical (unpaired) electrons. The third kappa shape index (κ3) is 3.34. The van der Waals surface area contributed by atoms with E-state index < -0.39 is 0 Å². The Bertz CT molecular complexity index is 505. The van der Waals surface area contributed by atoms with Gasteiger partial charge in [-0.05, 0) is 50.3 Å². The summed E-state index contributed by atoms with van der Waals surface area (Å²) in [7, 11) is 0. The molecular formula is C14H16N2OS. The second-order valence-corrected chi connectivity index (χ2v) is 4.61. The van der Waals surface area contributed by atoms with Gasteiger partial charge in [0, 0.05) is 5.69 Å². The second-order valence-electron chi connectivity index (χ2n) is 4.20. The molecule has 0 amide bonds. The Hall–Kier alpha value is -1.81. The standard InChI is InChI=1S/C14H16N2OS/c1-10-5-7-12(8-6-10)16-14(18)15-11(2)13-4-3-9-17-13/h3-9,11H,1-2H3,(H2,15,16,18)/t11-/m0/s1. The highest BCUT2D eigenvalue weighted by Gasteiger charge is 2.09. The number of hydrogen-bond donors (Lipinski definition) is 2. The van der Waals surface area contributed by atoms with E-state index in [1.807, 2.05) is 43.3 Å². The highest BCUT2D eigenvalue weighted by atomic mass is 32.1. The summed E-state index contributed by atoms with van der Waals surface area (Å²) >= 11 is 5.26. The summed E-state index contributed by atoms with van der Waals surface area (Å²) in [5, 5.41) is 6.90. The first kappa shape index (κ1) is 12.6. The molecule has 1 aromatic heterocycles. The molecule has 94 valence electrons. The van der Waals surface area contributed by atoms with Gasteiger partial charge in [-0.15, -0.1) is 0 Å². The molecule has 2 N–H and O–H groups in total. The van der Waals surface area contributed by atoms with E-state index in [4.69, 9.17) is 16.6 Å². The maximum atomic E-state index is 5.31. The van der Waals surface area contributed by atoms with Crippen molar-refractivity contribution in [2.45, 2.75) is 19.9 Å². The van der Waals surface area contributed by atoms with Crippen LogP contribution in [0.3, 0.4) is 0 Å². The van der Waals surface area contributed by atoms with Crippen molar-refractivity contribution in [3.8, 4) is 0 Å². The maximum absolute atomic E-state index is 5.31. The third-order valence-electron chi connectivity index (χ3n) is 2.63. The van der Waals surface area contributed by atoms with Crippen molar-refractivity contribution in [1.29, 1.82) is 0 Å². The van der Waals surface area contributed by atoms with Crippen LogP contribution in [0.5, 0.6) is 0 Å². The smallest absolute Gasteiger partial charge is 0.171 e. The van der Waals surface area contributed by atoms with Crippen LogP contribution in [0.1, 0.15) is 24.3 Å². The lowest BCUT2D eigenvalue weighted by molar-refractivity contribution is 0.464. The largest absolute Gasteiger partial charge is 0.467 e. The second kappa shape index (κ2) is 5.69. The lowest BCUT2D eigenvalue weighted by atomic mass is 10.2. The molecule has 0 saturated carbocycles. The zero-order valence-electron chi connectivity index (χ0n) is 10.4. The van der Waals surface area contributed by atoms with Gasteiger partial charge in [0.15, 0.2) is 5.11 Å². The van der Waals surface area contributed by atoms with Crippen molar-refractivity contribution in [3.63, 3.8) is 0 Å². The predicted molar refractivity (Wildman–Crippen MR) is 77.7 cm³/mol.